The smallest absolute Gasteiger partial charge is 0.245 e. The van der Waals surface area contributed by atoms with Crippen molar-refractivity contribution < 1.29 is 0 Å². The van der Waals surface area contributed by atoms with Gasteiger partial charge in [-0.15, -0.1) is 0 Å². The van der Waals surface area contributed by atoms with Crippen molar-refractivity contribution in [3.8, 4) is 5.69 Å². The van der Waals surface area contributed by atoms with Gasteiger partial charge in [-0.05, 0) is 25.0 Å². The minimum Gasteiger partial charge on any atom is -0.245 e. The maximum atomic E-state index is 12.9. The molecule has 2 aromatic rings. The Bertz CT molecular complexity index is 778. The van der Waals surface area contributed by atoms with Crippen LogP contribution in [0.4, 0.5) is 0 Å². The second-order valence-electron chi connectivity index (χ2n) is 6.08. The second-order valence-corrected chi connectivity index (χ2v) is 6.08. The fourth-order valence-corrected chi connectivity index (χ4v) is 3.61. The summed E-state index contributed by atoms with van der Waals surface area (Å²) in [6.07, 6.45) is 9.40. The lowest BCUT2D eigenvalue weighted by molar-refractivity contribution is 0.336. The molecular formula is C17H19N3O2. The molecule has 2 unspecified atom stereocenters. The fourth-order valence-electron chi connectivity index (χ4n) is 3.61. The quantitative estimate of drug-likeness (QED) is 0.759. The Morgan fingerprint density at radius 3 is 1.86 bits per heavy atom. The Morgan fingerprint density at radius 2 is 1.32 bits per heavy atom. The predicted octanol–water partition coefficient (Wildman–Crippen LogP) is 2.42. The summed E-state index contributed by atoms with van der Waals surface area (Å²) >= 11 is 0. The molecule has 5 heteroatoms. The highest BCUT2D eigenvalue weighted by Crippen LogP contribution is 2.29. The average Bonchev–Trinajstić information content (AvgIpc) is 2.90. The third-order valence-electron chi connectivity index (χ3n) is 4.70. The summed E-state index contributed by atoms with van der Waals surface area (Å²) in [5.41, 5.74) is 0.191. The van der Waals surface area contributed by atoms with E-state index in [1.807, 2.05) is 18.2 Å². The molecule has 2 atom stereocenters. The van der Waals surface area contributed by atoms with Crippen LogP contribution in [0.2, 0.25) is 0 Å². The predicted molar refractivity (Wildman–Crippen MR) is 84.6 cm³/mol. The van der Waals surface area contributed by atoms with Gasteiger partial charge in [-0.25, -0.2) is 23.5 Å². The number of nitrogens with zero attached hydrogens (tertiary/aromatic N) is 3. The zero-order valence-electron chi connectivity index (χ0n) is 12.4. The maximum Gasteiger partial charge on any atom is 0.352 e. The minimum atomic E-state index is -0.225. The summed E-state index contributed by atoms with van der Waals surface area (Å²) in [5.74, 6) is 0. The van der Waals surface area contributed by atoms with Gasteiger partial charge in [0.2, 0.25) is 0 Å². The van der Waals surface area contributed by atoms with Gasteiger partial charge in [-0.3, -0.25) is 0 Å². The highest BCUT2D eigenvalue weighted by atomic mass is 16.2. The van der Waals surface area contributed by atoms with Crippen LogP contribution in [-0.4, -0.2) is 13.9 Å². The van der Waals surface area contributed by atoms with Gasteiger partial charge in [0.25, 0.3) is 0 Å². The van der Waals surface area contributed by atoms with Crippen molar-refractivity contribution in [1.29, 1.82) is 0 Å². The summed E-state index contributed by atoms with van der Waals surface area (Å²) in [6.45, 7) is 0. The van der Waals surface area contributed by atoms with Gasteiger partial charge in [-0.2, -0.15) is 0 Å². The first-order chi connectivity index (χ1) is 10.8. The van der Waals surface area contributed by atoms with E-state index >= 15 is 0 Å². The van der Waals surface area contributed by atoms with Crippen LogP contribution < -0.4 is 11.4 Å². The maximum absolute atomic E-state index is 12.9. The first-order valence-corrected chi connectivity index (χ1v) is 7.97. The summed E-state index contributed by atoms with van der Waals surface area (Å²) in [4.78, 5) is 25.7. The second kappa shape index (κ2) is 5.16. The third-order valence-corrected chi connectivity index (χ3v) is 4.70. The zero-order valence-corrected chi connectivity index (χ0v) is 12.4. The Morgan fingerprint density at radius 1 is 0.773 bits per heavy atom. The van der Waals surface area contributed by atoms with Crippen molar-refractivity contribution >= 4 is 0 Å². The molecule has 2 bridgehead atoms. The number of rotatable bonds is 1. The fraction of sp³-hybridized carbons (Fsp3) is 0.412. The monoisotopic (exact) mass is 297 g/mol. The third kappa shape index (κ3) is 1.92. The van der Waals surface area contributed by atoms with Gasteiger partial charge in [0.15, 0.2) is 0 Å². The van der Waals surface area contributed by atoms with Gasteiger partial charge < -0.3 is 0 Å². The Labute approximate surface area is 128 Å². The van der Waals surface area contributed by atoms with Crippen molar-refractivity contribution in [1.82, 2.24) is 13.9 Å². The molecule has 1 aliphatic carbocycles. The van der Waals surface area contributed by atoms with E-state index in [0.29, 0.717) is 5.69 Å². The number of allylic oxidation sites excluding steroid dienone is 2. The normalized spacial score (nSPS) is 23.6. The van der Waals surface area contributed by atoms with Crippen molar-refractivity contribution in [2.45, 2.75) is 44.2 Å². The SMILES string of the molecule is O=c1n(-c2ccccc2)c(=O)n2n1C1C=CC2CCCCC1. The molecule has 1 aliphatic heterocycles. The number of hydrogen-bond acceptors (Lipinski definition) is 2. The van der Waals surface area contributed by atoms with E-state index in [-0.39, 0.29) is 23.5 Å². The molecule has 0 saturated heterocycles. The molecule has 0 N–H and O–H groups in total. The number of para-hydroxylation sites is 1. The summed E-state index contributed by atoms with van der Waals surface area (Å²) in [5, 5.41) is 0. The number of aromatic nitrogens is 3. The first kappa shape index (κ1) is 13.4. The van der Waals surface area contributed by atoms with Gasteiger partial charge >= 0.3 is 11.4 Å². The van der Waals surface area contributed by atoms with Crippen LogP contribution in [0.25, 0.3) is 5.69 Å². The molecule has 1 aromatic carbocycles. The molecule has 0 fully saturated rings. The summed E-state index contributed by atoms with van der Waals surface area (Å²) < 4.78 is 4.64. The van der Waals surface area contributed by atoms with Crippen LogP contribution in [0, 0.1) is 0 Å². The van der Waals surface area contributed by atoms with Crippen molar-refractivity contribution in [3.63, 3.8) is 0 Å². The van der Waals surface area contributed by atoms with Crippen LogP contribution >= 0.6 is 0 Å². The van der Waals surface area contributed by atoms with E-state index < -0.39 is 0 Å². The van der Waals surface area contributed by atoms with E-state index in [1.54, 1.807) is 21.5 Å². The van der Waals surface area contributed by atoms with Crippen LogP contribution in [0.5, 0.6) is 0 Å². The largest absolute Gasteiger partial charge is 0.352 e. The van der Waals surface area contributed by atoms with Crippen LogP contribution in [0.1, 0.15) is 44.2 Å². The van der Waals surface area contributed by atoms with Crippen LogP contribution in [0.3, 0.4) is 0 Å². The Hall–Kier alpha value is -2.30. The molecule has 2 aliphatic rings. The minimum absolute atomic E-state index is 0.000452. The lowest BCUT2D eigenvalue weighted by Gasteiger charge is -2.25. The molecule has 22 heavy (non-hydrogen) atoms. The van der Waals surface area contributed by atoms with Gasteiger partial charge in [0.1, 0.15) is 0 Å². The van der Waals surface area contributed by atoms with E-state index in [2.05, 4.69) is 12.2 Å². The molecular weight excluding hydrogens is 278 g/mol. The van der Waals surface area contributed by atoms with Gasteiger partial charge in [0, 0.05) is 0 Å². The van der Waals surface area contributed by atoms with E-state index in [4.69, 9.17) is 0 Å². The van der Waals surface area contributed by atoms with E-state index in [1.165, 1.54) is 11.0 Å². The number of fused-ring (bicyclic) bond motifs is 5. The Kier molecular flexibility index (Phi) is 3.13. The highest BCUT2D eigenvalue weighted by Gasteiger charge is 2.29. The molecule has 5 nitrogen and oxygen atoms in total. The van der Waals surface area contributed by atoms with Crippen LogP contribution in [0.15, 0.2) is 52.1 Å². The van der Waals surface area contributed by atoms with Crippen LogP contribution in [-0.2, 0) is 0 Å². The molecule has 4 rings (SSSR count). The first-order valence-electron chi connectivity index (χ1n) is 7.97. The molecule has 0 spiro atoms. The number of hydrogen-bond donors (Lipinski definition) is 0. The topological polar surface area (TPSA) is 48.9 Å². The highest BCUT2D eigenvalue weighted by molar-refractivity contribution is 5.30. The van der Waals surface area contributed by atoms with Gasteiger partial charge in [0.05, 0.1) is 17.8 Å². The molecule has 0 amide bonds. The average molecular weight is 297 g/mol. The zero-order chi connectivity index (χ0) is 15.1. The lowest BCUT2D eigenvalue weighted by Crippen LogP contribution is -2.34. The van der Waals surface area contributed by atoms with Gasteiger partial charge in [-0.1, -0.05) is 49.6 Å². The lowest BCUT2D eigenvalue weighted by atomic mass is 10.1. The standard InChI is InChI=1S/C17H19N3O2/c21-16-18(13-7-3-1-4-8-13)17(22)20-15-10-6-2-5-9-14(11-12-15)19(16)20/h1,3-4,7-8,11-12,14-15H,2,5-6,9-10H2. The van der Waals surface area contributed by atoms with Crippen molar-refractivity contribution in [2.75, 3.05) is 0 Å². The molecule has 0 saturated carbocycles. The van der Waals surface area contributed by atoms with Crippen molar-refractivity contribution in [3.05, 3.63) is 63.5 Å². The van der Waals surface area contributed by atoms with Crippen molar-refractivity contribution in [2.24, 2.45) is 0 Å². The van der Waals surface area contributed by atoms with E-state index in [9.17, 15) is 9.59 Å². The molecule has 114 valence electrons. The molecule has 0 radical (unpaired) electrons. The number of benzene rings is 1. The Balaban J connectivity index is 1.97. The molecule has 1 aromatic heterocycles. The molecule has 2 heterocycles. The summed E-state index contributed by atoms with van der Waals surface area (Å²) in [6, 6.07) is 9.18. The van der Waals surface area contributed by atoms with E-state index in [0.717, 1.165) is 25.7 Å². The summed E-state index contributed by atoms with van der Waals surface area (Å²) in [7, 11) is 0.